The SMILES string of the molecule is O=C(CSc1nc(-c2ccccc2)cs1)c1ccc(Cl)cc1. The summed E-state index contributed by atoms with van der Waals surface area (Å²) >= 11 is 8.86. The second kappa shape index (κ2) is 7.09. The highest BCUT2D eigenvalue weighted by atomic mass is 35.5. The van der Waals surface area contributed by atoms with Gasteiger partial charge in [-0.15, -0.1) is 11.3 Å². The van der Waals surface area contributed by atoms with Crippen LogP contribution >= 0.6 is 34.7 Å². The van der Waals surface area contributed by atoms with Gasteiger partial charge in [0.2, 0.25) is 0 Å². The zero-order valence-corrected chi connectivity index (χ0v) is 13.9. The summed E-state index contributed by atoms with van der Waals surface area (Å²) in [5.41, 5.74) is 2.72. The highest BCUT2D eigenvalue weighted by molar-refractivity contribution is 8.01. The molecule has 2 nitrogen and oxygen atoms in total. The first-order valence-electron chi connectivity index (χ1n) is 6.65. The van der Waals surface area contributed by atoms with Crippen molar-refractivity contribution in [2.45, 2.75) is 4.34 Å². The van der Waals surface area contributed by atoms with Crippen LogP contribution < -0.4 is 0 Å². The number of halogens is 1. The summed E-state index contributed by atoms with van der Waals surface area (Å²) in [6.07, 6.45) is 0. The van der Waals surface area contributed by atoms with E-state index < -0.39 is 0 Å². The quantitative estimate of drug-likeness (QED) is 0.455. The molecule has 0 saturated heterocycles. The molecule has 2 aromatic carbocycles. The number of thioether (sulfide) groups is 1. The van der Waals surface area contributed by atoms with E-state index in [0.717, 1.165) is 15.6 Å². The Kier molecular flexibility index (Phi) is 4.93. The topological polar surface area (TPSA) is 30.0 Å². The number of rotatable bonds is 5. The molecular formula is C17H12ClNOS2. The number of nitrogens with zero attached hydrogens (tertiary/aromatic N) is 1. The maximum atomic E-state index is 12.1. The van der Waals surface area contributed by atoms with E-state index in [4.69, 9.17) is 11.6 Å². The van der Waals surface area contributed by atoms with Crippen LogP contribution in [-0.4, -0.2) is 16.5 Å². The molecule has 5 heteroatoms. The zero-order chi connectivity index (χ0) is 15.4. The van der Waals surface area contributed by atoms with Crippen LogP contribution in [0.5, 0.6) is 0 Å². The van der Waals surface area contributed by atoms with E-state index in [2.05, 4.69) is 4.98 Å². The normalized spacial score (nSPS) is 10.6. The number of Topliss-reactive ketones (excluding diaryl/α,β-unsaturated/α-hetero) is 1. The molecule has 0 atom stereocenters. The Morgan fingerprint density at radius 2 is 1.82 bits per heavy atom. The second-order valence-electron chi connectivity index (χ2n) is 4.58. The van der Waals surface area contributed by atoms with Gasteiger partial charge in [-0.05, 0) is 24.3 Å². The van der Waals surface area contributed by atoms with Crippen molar-refractivity contribution in [1.29, 1.82) is 0 Å². The van der Waals surface area contributed by atoms with Gasteiger partial charge >= 0.3 is 0 Å². The molecule has 0 N–H and O–H groups in total. The molecule has 110 valence electrons. The van der Waals surface area contributed by atoms with Crippen LogP contribution in [0.25, 0.3) is 11.3 Å². The molecule has 22 heavy (non-hydrogen) atoms. The zero-order valence-electron chi connectivity index (χ0n) is 11.5. The van der Waals surface area contributed by atoms with Crippen molar-refractivity contribution >= 4 is 40.5 Å². The van der Waals surface area contributed by atoms with Gasteiger partial charge in [-0.25, -0.2) is 4.98 Å². The lowest BCUT2D eigenvalue weighted by Gasteiger charge is -1.99. The maximum Gasteiger partial charge on any atom is 0.173 e. The van der Waals surface area contributed by atoms with Crippen molar-refractivity contribution in [2.24, 2.45) is 0 Å². The smallest absolute Gasteiger partial charge is 0.173 e. The number of carbonyl (C=O) groups is 1. The first-order valence-corrected chi connectivity index (χ1v) is 8.89. The number of aromatic nitrogens is 1. The molecule has 0 fully saturated rings. The molecule has 0 saturated carbocycles. The van der Waals surface area contributed by atoms with Crippen LogP contribution in [0, 0.1) is 0 Å². The van der Waals surface area contributed by atoms with E-state index in [9.17, 15) is 4.79 Å². The van der Waals surface area contributed by atoms with Crippen molar-refractivity contribution in [3.63, 3.8) is 0 Å². The number of carbonyl (C=O) groups excluding carboxylic acids is 1. The summed E-state index contributed by atoms with van der Waals surface area (Å²) in [7, 11) is 0. The van der Waals surface area contributed by atoms with Crippen molar-refractivity contribution in [1.82, 2.24) is 4.98 Å². The molecule has 1 aromatic heterocycles. The van der Waals surface area contributed by atoms with Gasteiger partial charge in [0.1, 0.15) is 0 Å². The Balaban J connectivity index is 1.64. The number of hydrogen-bond donors (Lipinski definition) is 0. The highest BCUT2D eigenvalue weighted by Crippen LogP contribution is 2.28. The third-order valence-corrected chi connectivity index (χ3v) is 5.32. The molecule has 0 radical (unpaired) electrons. The van der Waals surface area contributed by atoms with Gasteiger partial charge < -0.3 is 0 Å². The van der Waals surface area contributed by atoms with Crippen LogP contribution in [0.3, 0.4) is 0 Å². The summed E-state index contributed by atoms with van der Waals surface area (Å²) in [5, 5.41) is 2.65. The Morgan fingerprint density at radius 3 is 2.55 bits per heavy atom. The number of ketones is 1. The number of hydrogen-bond acceptors (Lipinski definition) is 4. The van der Waals surface area contributed by atoms with Crippen LogP contribution in [0.15, 0.2) is 64.3 Å². The van der Waals surface area contributed by atoms with E-state index in [1.807, 2.05) is 35.7 Å². The van der Waals surface area contributed by atoms with E-state index in [0.29, 0.717) is 16.3 Å². The Bertz CT molecular complexity index is 769. The van der Waals surface area contributed by atoms with Crippen molar-refractivity contribution in [2.75, 3.05) is 5.75 Å². The van der Waals surface area contributed by atoms with Gasteiger partial charge in [0.25, 0.3) is 0 Å². The minimum atomic E-state index is 0.0816. The molecule has 1 heterocycles. The van der Waals surface area contributed by atoms with E-state index in [-0.39, 0.29) is 5.78 Å². The van der Waals surface area contributed by atoms with Crippen LogP contribution in [-0.2, 0) is 0 Å². The molecule has 0 unspecified atom stereocenters. The lowest BCUT2D eigenvalue weighted by Crippen LogP contribution is -2.01. The largest absolute Gasteiger partial charge is 0.293 e. The van der Waals surface area contributed by atoms with Crippen LogP contribution in [0.1, 0.15) is 10.4 Å². The standard InChI is InChI=1S/C17H12ClNOS2/c18-14-8-6-13(7-9-14)16(20)11-22-17-19-15(10-21-17)12-4-2-1-3-5-12/h1-10H,11H2. The van der Waals surface area contributed by atoms with E-state index in [1.54, 1.807) is 35.6 Å². The minimum absolute atomic E-state index is 0.0816. The lowest BCUT2D eigenvalue weighted by atomic mass is 10.1. The fourth-order valence-corrected chi connectivity index (χ4v) is 3.77. The fraction of sp³-hybridized carbons (Fsp3) is 0.0588. The molecule has 0 aliphatic rings. The average molecular weight is 346 g/mol. The van der Waals surface area contributed by atoms with Crippen LogP contribution in [0.4, 0.5) is 0 Å². The van der Waals surface area contributed by atoms with Gasteiger partial charge in [-0.2, -0.15) is 0 Å². The maximum absolute atomic E-state index is 12.1. The highest BCUT2D eigenvalue weighted by Gasteiger charge is 2.09. The summed E-state index contributed by atoms with van der Waals surface area (Å²) in [4.78, 5) is 16.7. The van der Waals surface area contributed by atoms with Gasteiger partial charge in [-0.3, -0.25) is 4.79 Å². The second-order valence-corrected chi connectivity index (χ2v) is 7.10. The molecular weight excluding hydrogens is 334 g/mol. The molecule has 0 amide bonds. The summed E-state index contributed by atoms with van der Waals surface area (Å²) in [5.74, 6) is 0.460. The fourth-order valence-electron chi connectivity index (χ4n) is 1.91. The summed E-state index contributed by atoms with van der Waals surface area (Å²) in [6, 6.07) is 17.0. The van der Waals surface area contributed by atoms with Gasteiger partial charge in [0.05, 0.1) is 11.4 Å². The molecule has 0 aliphatic carbocycles. The Hall–Kier alpha value is -1.62. The number of thiazole rings is 1. The first kappa shape index (κ1) is 15.3. The van der Waals surface area contributed by atoms with Gasteiger partial charge in [0, 0.05) is 21.5 Å². The van der Waals surface area contributed by atoms with E-state index in [1.165, 1.54) is 11.8 Å². The first-order chi connectivity index (χ1) is 10.7. The monoisotopic (exact) mass is 345 g/mol. The molecule has 0 spiro atoms. The third-order valence-electron chi connectivity index (χ3n) is 3.05. The summed E-state index contributed by atoms with van der Waals surface area (Å²) in [6.45, 7) is 0. The predicted molar refractivity (Wildman–Crippen MR) is 94.1 cm³/mol. The Morgan fingerprint density at radius 1 is 1.09 bits per heavy atom. The van der Waals surface area contributed by atoms with Crippen LogP contribution in [0.2, 0.25) is 5.02 Å². The van der Waals surface area contributed by atoms with Crippen molar-refractivity contribution < 1.29 is 4.79 Å². The Labute approximate surface area is 142 Å². The molecule has 3 rings (SSSR count). The minimum Gasteiger partial charge on any atom is -0.293 e. The predicted octanol–water partition coefficient (Wildman–Crippen LogP) is 5.44. The molecule has 0 bridgehead atoms. The third kappa shape index (κ3) is 3.77. The lowest BCUT2D eigenvalue weighted by molar-refractivity contribution is 0.102. The molecule has 3 aromatic rings. The molecule has 0 aliphatic heterocycles. The van der Waals surface area contributed by atoms with Crippen molar-refractivity contribution in [3.05, 3.63) is 70.6 Å². The number of benzene rings is 2. The van der Waals surface area contributed by atoms with Gasteiger partial charge in [-0.1, -0.05) is 53.7 Å². The average Bonchev–Trinajstić information content (AvgIpc) is 3.03. The van der Waals surface area contributed by atoms with Crippen molar-refractivity contribution in [3.8, 4) is 11.3 Å². The van der Waals surface area contributed by atoms with Gasteiger partial charge in [0.15, 0.2) is 10.1 Å². The summed E-state index contributed by atoms with van der Waals surface area (Å²) < 4.78 is 0.904. The van der Waals surface area contributed by atoms with E-state index >= 15 is 0 Å².